The third-order valence-corrected chi connectivity index (χ3v) is 10.0. The van der Waals surface area contributed by atoms with Gasteiger partial charge in [-0.1, -0.05) is 32.4 Å². The highest BCUT2D eigenvalue weighted by atomic mass is 16.3. The summed E-state index contributed by atoms with van der Waals surface area (Å²) in [4.78, 5) is 0. The summed E-state index contributed by atoms with van der Waals surface area (Å²) < 4.78 is 0. The Hall–Kier alpha value is -0.340. The number of aliphatic hydroxyl groups is 2. The zero-order chi connectivity index (χ0) is 20.3. The molecular formula is C26H44O2. The molecule has 0 aliphatic heterocycles. The van der Waals surface area contributed by atoms with Crippen molar-refractivity contribution in [2.75, 3.05) is 0 Å². The van der Waals surface area contributed by atoms with Crippen LogP contribution in [0.15, 0.2) is 11.6 Å². The summed E-state index contributed by atoms with van der Waals surface area (Å²) >= 11 is 0. The molecule has 2 heteroatoms. The van der Waals surface area contributed by atoms with E-state index in [1.165, 1.54) is 38.5 Å². The Morgan fingerprint density at radius 2 is 1.75 bits per heavy atom. The average molecular weight is 389 g/mol. The van der Waals surface area contributed by atoms with Crippen LogP contribution in [0.1, 0.15) is 98.8 Å². The molecule has 0 unspecified atom stereocenters. The van der Waals surface area contributed by atoms with Gasteiger partial charge in [0.05, 0.1) is 11.7 Å². The molecule has 0 heterocycles. The van der Waals surface area contributed by atoms with Crippen LogP contribution in [0.3, 0.4) is 0 Å². The molecular weight excluding hydrogens is 344 g/mol. The van der Waals surface area contributed by atoms with E-state index < -0.39 is 5.60 Å². The third-order valence-electron chi connectivity index (χ3n) is 10.0. The number of hydrogen-bond donors (Lipinski definition) is 2. The monoisotopic (exact) mass is 388 g/mol. The zero-order valence-corrected chi connectivity index (χ0v) is 19.0. The maximum absolute atomic E-state index is 10.2. The molecule has 8 atom stereocenters. The lowest BCUT2D eigenvalue weighted by molar-refractivity contribution is -0.0433. The molecule has 0 spiro atoms. The summed E-state index contributed by atoms with van der Waals surface area (Å²) in [5.74, 6) is 3.75. The van der Waals surface area contributed by atoms with E-state index in [1.807, 2.05) is 19.4 Å². The van der Waals surface area contributed by atoms with Crippen LogP contribution >= 0.6 is 0 Å². The summed E-state index contributed by atoms with van der Waals surface area (Å²) in [6.07, 6.45) is 14.6. The van der Waals surface area contributed by atoms with Crippen molar-refractivity contribution in [1.29, 1.82) is 0 Å². The Labute approximate surface area is 173 Å². The second kappa shape index (κ2) is 7.12. The lowest BCUT2D eigenvalue weighted by Crippen LogP contribution is -2.49. The van der Waals surface area contributed by atoms with Crippen LogP contribution in [-0.2, 0) is 0 Å². The molecule has 2 N–H and O–H groups in total. The average Bonchev–Trinajstić information content (AvgIpc) is 2.97. The summed E-state index contributed by atoms with van der Waals surface area (Å²) in [7, 11) is 0. The first-order valence-electron chi connectivity index (χ1n) is 12.1. The fourth-order valence-electron chi connectivity index (χ4n) is 8.25. The molecule has 4 rings (SSSR count). The normalized spacial score (nSPS) is 47.0. The van der Waals surface area contributed by atoms with Gasteiger partial charge in [-0.3, -0.25) is 0 Å². The van der Waals surface area contributed by atoms with Crippen molar-refractivity contribution in [3.05, 3.63) is 11.6 Å². The molecule has 160 valence electrons. The molecule has 0 aromatic rings. The smallest absolute Gasteiger partial charge is 0.0591 e. The van der Waals surface area contributed by atoms with Gasteiger partial charge in [-0.2, -0.15) is 0 Å². The molecule has 3 fully saturated rings. The van der Waals surface area contributed by atoms with E-state index in [0.29, 0.717) is 22.7 Å². The highest BCUT2D eigenvalue weighted by Gasteiger charge is 2.58. The molecule has 28 heavy (non-hydrogen) atoms. The van der Waals surface area contributed by atoms with Crippen LogP contribution in [0.4, 0.5) is 0 Å². The number of aliphatic hydroxyl groups excluding tert-OH is 1. The van der Waals surface area contributed by atoms with Gasteiger partial charge in [0.15, 0.2) is 0 Å². The number of allylic oxidation sites excluding steroid dienone is 2. The first-order chi connectivity index (χ1) is 13.0. The van der Waals surface area contributed by atoms with Crippen LogP contribution in [0.25, 0.3) is 0 Å². The summed E-state index contributed by atoms with van der Waals surface area (Å²) in [6, 6.07) is 0. The predicted molar refractivity (Wildman–Crippen MR) is 116 cm³/mol. The largest absolute Gasteiger partial charge is 0.393 e. The fraction of sp³-hybridized carbons (Fsp3) is 0.923. The predicted octanol–water partition coefficient (Wildman–Crippen LogP) is 6.11. The van der Waals surface area contributed by atoms with Crippen molar-refractivity contribution in [2.45, 2.75) is 111 Å². The van der Waals surface area contributed by atoms with Crippen LogP contribution in [0.2, 0.25) is 0 Å². The molecule has 0 amide bonds. The van der Waals surface area contributed by atoms with E-state index in [0.717, 1.165) is 43.4 Å². The van der Waals surface area contributed by atoms with Crippen molar-refractivity contribution in [1.82, 2.24) is 0 Å². The van der Waals surface area contributed by atoms with Gasteiger partial charge in [0.1, 0.15) is 0 Å². The topological polar surface area (TPSA) is 40.5 Å². The van der Waals surface area contributed by atoms with Gasteiger partial charge in [0, 0.05) is 0 Å². The number of rotatable bonds is 4. The van der Waals surface area contributed by atoms with E-state index in [4.69, 9.17) is 0 Å². The minimum absolute atomic E-state index is 0.0608. The zero-order valence-electron chi connectivity index (χ0n) is 19.0. The maximum atomic E-state index is 10.2. The highest BCUT2D eigenvalue weighted by molar-refractivity contribution is 5.27. The number of fused-ring (bicyclic) bond motifs is 5. The summed E-state index contributed by atoms with van der Waals surface area (Å²) in [6.45, 7) is 11.5. The van der Waals surface area contributed by atoms with Crippen molar-refractivity contribution >= 4 is 0 Å². The van der Waals surface area contributed by atoms with Crippen LogP contribution in [0, 0.1) is 40.4 Å². The van der Waals surface area contributed by atoms with E-state index in [1.54, 1.807) is 0 Å². The molecule has 0 bridgehead atoms. The highest BCUT2D eigenvalue weighted by Crippen LogP contribution is 2.66. The number of hydrogen-bond acceptors (Lipinski definition) is 2. The van der Waals surface area contributed by atoms with Crippen molar-refractivity contribution < 1.29 is 10.2 Å². The minimum atomic E-state index is -0.536. The standard InChI is InChI=1S/C26H44O2/c1-17(10-13-24(2,3)28)21-8-9-22-20-7-6-18-16-19(27)11-14-25(18,4)23(20)12-15-26(21,22)5/h7,17-19,21-23,27-28H,6,8-16H2,1-5H3/t17-,18-,19-,21-,22+,23+,25+,26-/m1/s1. The SMILES string of the molecule is C[C@H](CCC(C)(C)O)[C@H]1CC[C@H]2C3=CC[C@@H]4C[C@H](O)CC[C@]4(C)[C@H]3CC[C@]12C. The van der Waals surface area contributed by atoms with Gasteiger partial charge in [-0.25, -0.2) is 0 Å². The third kappa shape index (κ3) is 3.41. The molecule has 3 saturated carbocycles. The Morgan fingerprint density at radius 3 is 2.46 bits per heavy atom. The van der Waals surface area contributed by atoms with Gasteiger partial charge < -0.3 is 10.2 Å². The maximum Gasteiger partial charge on any atom is 0.0591 e. The molecule has 4 aliphatic rings. The Balaban J connectivity index is 1.53. The Bertz CT molecular complexity index is 616. The summed E-state index contributed by atoms with van der Waals surface area (Å²) in [5.41, 5.74) is 2.17. The first-order valence-corrected chi connectivity index (χ1v) is 12.1. The van der Waals surface area contributed by atoms with Gasteiger partial charge in [0.2, 0.25) is 0 Å². The van der Waals surface area contributed by atoms with Crippen molar-refractivity contribution in [2.24, 2.45) is 40.4 Å². The van der Waals surface area contributed by atoms with Gasteiger partial charge in [-0.15, -0.1) is 0 Å². The summed E-state index contributed by atoms with van der Waals surface area (Å²) in [5, 5.41) is 20.4. The lowest BCUT2D eigenvalue weighted by Gasteiger charge is -2.57. The van der Waals surface area contributed by atoms with E-state index in [9.17, 15) is 10.2 Å². The van der Waals surface area contributed by atoms with Crippen LogP contribution < -0.4 is 0 Å². The molecule has 0 aromatic carbocycles. The fourth-order valence-corrected chi connectivity index (χ4v) is 8.25. The Morgan fingerprint density at radius 1 is 1.07 bits per heavy atom. The second-order valence-electron chi connectivity index (χ2n) is 12.2. The molecule has 4 aliphatic carbocycles. The van der Waals surface area contributed by atoms with E-state index in [-0.39, 0.29) is 6.10 Å². The first kappa shape index (κ1) is 20.9. The van der Waals surface area contributed by atoms with E-state index in [2.05, 4.69) is 26.8 Å². The van der Waals surface area contributed by atoms with E-state index >= 15 is 0 Å². The Kier molecular flexibility index (Phi) is 5.32. The van der Waals surface area contributed by atoms with Gasteiger partial charge in [0.25, 0.3) is 0 Å². The molecule has 2 nitrogen and oxygen atoms in total. The van der Waals surface area contributed by atoms with Crippen molar-refractivity contribution in [3.8, 4) is 0 Å². The van der Waals surface area contributed by atoms with Crippen LogP contribution in [0.5, 0.6) is 0 Å². The van der Waals surface area contributed by atoms with Crippen molar-refractivity contribution in [3.63, 3.8) is 0 Å². The lowest BCUT2D eigenvalue weighted by atomic mass is 9.47. The molecule has 0 radical (unpaired) electrons. The van der Waals surface area contributed by atoms with Gasteiger partial charge >= 0.3 is 0 Å². The second-order valence-corrected chi connectivity index (χ2v) is 12.2. The quantitative estimate of drug-likeness (QED) is 0.570. The molecule has 0 aromatic heterocycles. The molecule has 0 saturated heterocycles. The minimum Gasteiger partial charge on any atom is -0.393 e. The van der Waals surface area contributed by atoms with Gasteiger partial charge in [-0.05, 0) is 118 Å². The van der Waals surface area contributed by atoms with Crippen LogP contribution in [-0.4, -0.2) is 21.9 Å².